The van der Waals surface area contributed by atoms with E-state index in [1.54, 1.807) is 18.2 Å². The molecule has 0 saturated carbocycles. The smallest absolute Gasteiger partial charge is 0.375 e. The van der Waals surface area contributed by atoms with Crippen LogP contribution in [0.4, 0.5) is 0 Å². The maximum absolute atomic E-state index is 12.7. The van der Waals surface area contributed by atoms with Crippen molar-refractivity contribution in [3.63, 3.8) is 0 Å². The number of nitrogens with zero attached hydrogens (tertiary/aromatic N) is 1. The van der Waals surface area contributed by atoms with Gasteiger partial charge in [0.1, 0.15) is 12.4 Å². The zero-order valence-electron chi connectivity index (χ0n) is 17.7. The number of ether oxygens (including phenoxy) is 2. The summed E-state index contributed by atoms with van der Waals surface area (Å²) in [6, 6.07) is 10.3. The lowest BCUT2D eigenvalue weighted by Crippen LogP contribution is -2.45. The molecule has 8 nitrogen and oxygen atoms in total. The monoisotopic (exact) mass is 449 g/mol. The van der Waals surface area contributed by atoms with Gasteiger partial charge in [0, 0.05) is 18.2 Å². The molecule has 9 heteroatoms. The summed E-state index contributed by atoms with van der Waals surface area (Å²) in [5, 5.41) is 0. The second-order valence-electron chi connectivity index (χ2n) is 7.95. The van der Waals surface area contributed by atoms with E-state index < -0.39 is 34.4 Å². The first-order chi connectivity index (χ1) is 14.7. The van der Waals surface area contributed by atoms with Crippen LogP contribution < -0.4 is 4.74 Å². The molecule has 0 bridgehead atoms. The van der Waals surface area contributed by atoms with Gasteiger partial charge in [-0.2, -0.15) is 0 Å². The molecule has 1 unspecified atom stereocenters. The predicted molar refractivity (Wildman–Crippen MR) is 113 cm³/mol. The van der Waals surface area contributed by atoms with Crippen LogP contribution in [0.5, 0.6) is 5.75 Å². The molecule has 168 valence electrons. The van der Waals surface area contributed by atoms with Crippen LogP contribution in [0.1, 0.15) is 36.4 Å². The Morgan fingerprint density at radius 1 is 1.19 bits per heavy atom. The van der Waals surface area contributed by atoms with Gasteiger partial charge in [0.15, 0.2) is 16.4 Å². The third-order valence-electron chi connectivity index (χ3n) is 4.93. The number of benzene rings is 1. The zero-order chi connectivity index (χ0) is 22.4. The van der Waals surface area contributed by atoms with Crippen molar-refractivity contribution in [2.75, 3.05) is 24.7 Å². The number of carbonyl (C=O) groups excluding carboxylic acids is 2. The van der Waals surface area contributed by atoms with Crippen molar-refractivity contribution >= 4 is 21.7 Å². The molecule has 0 radical (unpaired) electrons. The summed E-state index contributed by atoms with van der Waals surface area (Å²) in [6.07, 6.45) is 1.75. The van der Waals surface area contributed by atoms with E-state index in [9.17, 15) is 18.0 Å². The maximum Gasteiger partial charge on any atom is 0.375 e. The quantitative estimate of drug-likeness (QED) is 0.542. The average molecular weight is 450 g/mol. The largest absolute Gasteiger partial charge is 0.489 e. The standard InChI is InChI=1S/C22H27NO7S/c1-16(2)12-23(18-9-11-31(26,27)15-18)20(24)14-30-22(25)21-17(8-10-28-21)13-29-19-6-4-3-5-7-19/h3-8,10,16,18H,9,11-15H2,1-2H3. The molecule has 31 heavy (non-hydrogen) atoms. The molecule has 1 aliphatic heterocycles. The highest BCUT2D eigenvalue weighted by Crippen LogP contribution is 2.20. The molecule has 1 atom stereocenters. The van der Waals surface area contributed by atoms with Crippen molar-refractivity contribution in [1.82, 2.24) is 4.90 Å². The van der Waals surface area contributed by atoms with Crippen molar-refractivity contribution in [3.05, 3.63) is 54.0 Å². The first kappa shape index (κ1) is 22.9. The van der Waals surface area contributed by atoms with E-state index in [2.05, 4.69) is 0 Å². The molecule has 1 aromatic heterocycles. The van der Waals surface area contributed by atoms with E-state index in [4.69, 9.17) is 13.9 Å². The Kier molecular flexibility index (Phi) is 7.37. The number of rotatable bonds is 9. The summed E-state index contributed by atoms with van der Waals surface area (Å²) >= 11 is 0. The minimum absolute atomic E-state index is 0.0254. The fourth-order valence-electron chi connectivity index (χ4n) is 3.45. The minimum atomic E-state index is -3.14. The van der Waals surface area contributed by atoms with E-state index >= 15 is 0 Å². The summed E-state index contributed by atoms with van der Waals surface area (Å²) in [5.74, 6) is -0.410. The Labute approximate surface area is 182 Å². The SMILES string of the molecule is CC(C)CN(C(=O)COC(=O)c1occc1COc1ccccc1)C1CCS(=O)(=O)C1. The number of hydrogen-bond donors (Lipinski definition) is 0. The predicted octanol–water partition coefficient (Wildman–Crippen LogP) is 2.69. The van der Waals surface area contributed by atoms with Crippen LogP contribution in [0.3, 0.4) is 0 Å². The van der Waals surface area contributed by atoms with Crippen LogP contribution in [0.2, 0.25) is 0 Å². The molecule has 3 rings (SSSR count). The number of hydrogen-bond acceptors (Lipinski definition) is 7. The molecule has 1 amide bonds. The summed E-state index contributed by atoms with van der Waals surface area (Å²) in [6.45, 7) is 3.91. The molecule has 1 saturated heterocycles. The lowest BCUT2D eigenvalue weighted by Gasteiger charge is -2.29. The number of para-hydroxylation sites is 1. The molecule has 2 aromatic rings. The van der Waals surface area contributed by atoms with Crippen LogP contribution in [-0.2, 0) is 26.0 Å². The third kappa shape index (κ3) is 6.33. The fraction of sp³-hybridized carbons (Fsp3) is 0.455. The molecule has 1 fully saturated rings. The number of furan rings is 1. The van der Waals surface area contributed by atoms with E-state index in [0.717, 1.165) is 0 Å². The van der Waals surface area contributed by atoms with Gasteiger partial charge in [0.25, 0.3) is 5.91 Å². The van der Waals surface area contributed by atoms with Crippen LogP contribution in [0, 0.1) is 5.92 Å². The highest BCUT2D eigenvalue weighted by Gasteiger charge is 2.35. The highest BCUT2D eigenvalue weighted by atomic mass is 32.2. The molecular formula is C22H27NO7S. The van der Waals surface area contributed by atoms with Crippen molar-refractivity contribution in [2.45, 2.75) is 32.9 Å². The van der Waals surface area contributed by atoms with E-state index in [1.165, 1.54) is 11.2 Å². The summed E-state index contributed by atoms with van der Waals surface area (Å²) in [5.41, 5.74) is 0.502. The Morgan fingerprint density at radius 2 is 1.94 bits per heavy atom. The van der Waals surface area contributed by atoms with Gasteiger partial charge in [-0.15, -0.1) is 0 Å². The molecule has 0 aliphatic carbocycles. The lowest BCUT2D eigenvalue weighted by atomic mass is 10.1. The summed E-state index contributed by atoms with van der Waals surface area (Å²) < 4.78 is 39.7. The first-order valence-corrected chi connectivity index (χ1v) is 12.0. The van der Waals surface area contributed by atoms with Crippen LogP contribution in [-0.4, -0.2) is 55.9 Å². The van der Waals surface area contributed by atoms with Crippen molar-refractivity contribution < 1.29 is 31.9 Å². The maximum atomic E-state index is 12.7. The van der Waals surface area contributed by atoms with Gasteiger partial charge in [-0.05, 0) is 30.5 Å². The van der Waals surface area contributed by atoms with E-state index in [-0.39, 0.29) is 29.8 Å². The second kappa shape index (κ2) is 10.00. The fourth-order valence-corrected chi connectivity index (χ4v) is 5.18. The highest BCUT2D eigenvalue weighted by molar-refractivity contribution is 7.91. The van der Waals surface area contributed by atoms with Crippen molar-refractivity contribution in [2.24, 2.45) is 5.92 Å². The lowest BCUT2D eigenvalue weighted by molar-refractivity contribution is -0.137. The Hall–Kier alpha value is -2.81. The number of sulfone groups is 1. The normalized spacial score (nSPS) is 17.5. The molecule has 1 aliphatic rings. The van der Waals surface area contributed by atoms with Gasteiger partial charge in [-0.1, -0.05) is 32.0 Å². The molecule has 0 N–H and O–H groups in total. The molecule has 2 heterocycles. The number of carbonyl (C=O) groups is 2. The van der Waals surface area contributed by atoms with Gasteiger partial charge >= 0.3 is 5.97 Å². The molecule has 0 spiro atoms. The first-order valence-electron chi connectivity index (χ1n) is 10.2. The minimum Gasteiger partial charge on any atom is -0.489 e. The number of amides is 1. The second-order valence-corrected chi connectivity index (χ2v) is 10.2. The van der Waals surface area contributed by atoms with E-state index in [0.29, 0.717) is 24.3 Å². The summed E-state index contributed by atoms with van der Waals surface area (Å²) in [4.78, 5) is 26.7. The van der Waals surface area contributed by atoms with Gasteiger partial charge < -0.3 is 18.8 Å². The van der Waals surface area contributed by atoms with Crippen LogP contribution in [0.15, 0.2) is 47.1 Å². The molecular weight excluding hydrogens is 422 g/mol. The van der Waals surface area contributed by atoms with Gasteiger partial charge in [-0.3, -0.25) is 4.79 Å². The van der Waals surface area contributed by atoms with Gasteiger partial charge in [-0.25, -0.2) is 13.2 Å². The van der Waals surface area contributed by atoms with E-state index in [1.807, 2.05) is 32.0 Å². The molecule has 1 aromatic carbocycles. The number of esters is 1. The summed E-state index contributed by atoms with van der Waals surface area (Å²) in [7, 11) is -3.14. The average Bonchev–Trinajstić information content (AvgIpc) is 3.35. The van der Waals surface area contributed by atoms with Crippen LogP contribution >= 0.6 is 0 Å². The van der Waals surface area contributed by atoms with Gasteiger partial charge in [0.05, 0.1) is 17.8 Å². The van der Waals surface area contributed by atoms with Crippen LogP contribution in [0.25, 0.3) is 0 Å². The Bertz CT molecular complexity index is 998. The van der Waals surface area contributed by atoms with Crippen molar-refractivity contribution in [3.8, 4) is 5.75 Å². The van der Waals surface area contributed by atoms with Gasteiger partial charge in [0.2, 0.25) is 5.76 Å². The third-order valence-corrected chi connectivity index (χ3v) is 6.68. The van der Waals surface area contributed by atoms with Crippen molar-refractivity contribution in [1.29, 1.82) is 0 Å². The Morgan fingerprint density at radius 3 is 2.58 bits per heavy atom. The zero-order valence-corrected chi connectivity index (χ0v) is 18.5. The topological polar surface area (TPSA) is 103 Å². The Balaban J connectivity index is 1.59.